The van der Waals surface area contributed by atoms with Crippen molar-refractivity contribution in [3.05, 3.63) is 54.0 Å². The van der Waals surface area contributed by atoms with Gasteiger partial charge in [0, 0.05) is 25.3 Å². The van der Waals surface area contributed by atoms with E-state index in [0.29, 0.717) is 24.5 Å². The molecule has 3 N–H and O–H groups in total. The van der Waals surface area contributed by atoms with Gasteiger partial charge in [0.15, 0.2) is 0 Å². The van der Waals surface area contributed by atoms with Crippen molar-refractivity contribution in [1.29, 1.82) is 0 Å². The Labute approximate surface area is 158 Å². The number of methoxy groups -OCH3 is 1. The highest BCUT2D eigenvalue weighted by molar-refractivity contribution is 5.99. The van der Waals surface area contributed by atoms with E-state index in [1.54, 1.807) is 43.6 Å². The molecule has 0 spiro atoms. The van der Waals surface area contributed by atoms with E-state index in [-0.39, 0.29) is 17.0 Å². The molecule has 1 aliphatic rings. The molecule has 0 radical (unpaired) electrons. The predicted molar refractivity (Wildman–Crippen MR) is 103 cm³/mol. The molecule has 7 heteroatoms. The molecule has 3 rings (SSSR count). The minimum Gasteiger partial charge on any atom is -0.384 e. The Morgan fingerprint density at radius 2 is 2.04 bits per heavy atom. The number of carbonyl (C=O) groups excluding carboxylic acids is 1. The third kappa shape index (κ3) is 4.81. The van der Waals surface area contributed by atoms with Crippen molar-refractivity contribution in [1.82, 2.24) is 15.6 Å². The molecule has 0 unspecified atom stereocenters. The van der Waals surface area contributed by atoms with E-state index in [9.17, 15) is 9.18 Å². The van der Waals surface area contributed by atoms with Crippen molar-refractivity contribution in [3.63, 3.8) is 0 Å². The van der Waals surface area contributed by atoms with Crippen LogP contribution in [0.3, 0.4) is 0 Å². The summed E-state index contributed by atoms with van der Waals surface area (Å²) in [5, 5.41) is 9.26. The molecular weight excluding hydrogens is 347 g/mol. The average Bonchev–Trinajstić information content (AvgIpc) is 2.69. The first-order valence-electron chi connectivity index (χ1n) is 9.08. The molecule has 0 aliphatic carbocycles. The number of amides is 1. The summed E-state index contributed by atoms with van der Waals surface area (Å²) in [4.78, 5) is 17.0. The lowest BCUT2D eigenvalue weighted by Gasteiger charge is -2.37. The number of nitrogens with one attached hydrogen (secondary N) is 3. The highest BCUT2D eigenvalue weighted by atomic mass is 19.1. The van der Waals surface area contributed by atoms with Crippen LogP contribution < -0.4 is 16.0 Å². The maximum atomic E-state index is 13.9. The molecule has 1 fully saturated rings. The quantitative estimate of drug-likeness (QED) is 0.697. The summed E-state index contributed by atoms with van der Waals surface area (Å²) in [6, 6.07) is 9.67. The van der Waals surface area contributed by atoms with Gasteiger partial charge in [-0.25, -0.2) is 9.37 Å². The van der Waals surface area contributed by atoms with Gasteiger partial charge in [-0.15, -0.1) is 0 Å². The van der Waals surface area contributed by atoms with E-state index < -0.39 is 5.82 Å². The topological polar surface area (TPSA) is 75.3 Å². The fourth-order valence-electron chi connectivity index (χ4n) is 3.38. The Morgan fingerprint density at radius 1 is 1.26 bits per heavy atom. The largest absolute Gasteiger partial charge is 0.384 e. The molecule has 6 nitrogen and oxygen atoms in total. The van der Waals surface area contributed by atoms with E-state index in [0.717, 1.165) is 25.9 Å². The van der Waals surface area contributed by atoms with E-state index in [4.69, 9.17) is 4.74 Å². The first-order chi connectivity index (χ1) is 13.1. The van der Waals surface area contributed by atoms with E-state index in [1.807, 2.05) is 0 Å². The molecule has 0 atom stereocenters. The number of pyridine rings is 1. The van der Waals surface area contributed by atoms with Gasteiger partial charge in [-0.05, 0) is 50.2 Å². The van der Waals surface area contributed by atoms with Crippen LogP contribution in [-0.4, -0.2) is 44.2 Å². The number of hydrogen-bond donors (Lipinski definition) is 3. The molecule has 1 aromatic heterocycles. The van der Waals surface area contributed by atoms with Crippen LogP contribution in [0.1, 0.15) is 23.2 Å². The van der Waals surface area contributed by atoms with Gasteiger partial charge in [-0.2, -0.15) is 0 Å². The van der Waals surface area contributed by atoms with E-state index in [2.05, 4.69) is 20.9 Å². The monoisotopic (exact) mass is 372 g/mol. The van der Waals surface area contributed by atoms with Crippen LogP contribution in [-0.2, 0) is 4.74 Å². The Hall–Kier alpha value is -2.51. The van der Waals surface area contributed by atoms with Crippen LogP contribution in [0.25, 0.3) is 0 Å². The van der Waals surface area contributed by atoms with Crippen LogP contribution in [0.4, 0.5) is 15.9 Å². The molecule has 27 heavy (non-hydrogen) atoms. The third-order valence-corrected chi connectivity index (χ3v) is 4.92. The number of benzene rings is 1. The lowest BCUT2D eigenvalue weighted by atomic mass is 9.79. The zero-order chi connectivity index (χ0) is 19.1. The summed E-state index contributed by atoms with van der Waals surface area (Å²) < 4.78 is 19.3. The Balaban J connectivity index is 1.72. The van der Waals surface area contributed by atoms with Crippen LogP contribution in [0.15, 0.2) is 42.6 Å². The summed E-state index contributed by atoms with van der Waals surface area (Å²) in [5.74, 6) is -0.314. The molecule has 2 aromatic rings. The smallest absolute Gasteiger partial charge is 0.255 e. The number of hydrogen-bond acceptors (Lipinski definition) is 5. The van der Waals surface area contributed by atoms with Crippen LogP contribution in [0, 0.1) is 11.2 Å². The summed E-state index contributed by atoms with van der Waals surface area (Å²) in [6.07, 6.45) is 3.45. The zero-order valence-electron chi connectivity index (χ0n) is 15.4. The molecule has 2 heterocycles. The molecule has 1 saturated heterocycles. The van der Waals surface area contributed by atoms with Crippen molar-refractivity contribution in [3.8, 4) is 0 Å². The Kier molecular flexibility index (Phi) is 6.36. The third-order valence-electron chi connectivity index (χ3n) is 4.92. The minimum absolute atomic E-state index is 0.0724. The van der Waals surface area contributed by atoms with Gasteiger partial charge in [0.2, 0.25) is 0 Å². The number of halogens is 1. The van der Waals surface area contributed by atoms with E-state index in [1.165, 1.54) is 6.07 Å². The van der Waals surface area contributed by atoms with Gasteiger partial charge in [0.1, 0.15) is 11.6 Å². The summed E-state index contributed by atoms with van der Waals surface area (Å²) in [5.41, 5.74) is 0.582. The normalized spacial score (nSPS) is 15.9. The maximum absolute atomic E-state index is 13.9. The van der Waals surface area contributed by atoms with Gasteiger partial charge >= 0.3 is 0 Å². The van der Waals surface area contributed by atoms with Gasteiger partial charge in [-0.3, -0.25) is 4.79 Å². The second-order valence-corrected chi connectivity index (χ2v) is 6.87. The summed E-state index contributed by atoms with van der Waals surface area (Å²) >= 11 is 0. The summed E-state index contributed by atoms with van der Waals surface area (Å²) in [6.45, 7) is 2.94. The highest BCUT2D eigenvalue weighted by Crippen LogP contribution is 2.28. The van der Waals surface area contributed by atoms with E-state index >= 15 is 0 Å². The Bertz CT molecular complexity index is 773. The van der Waals surface area contributed by atoms with Gasteiger partial charge in [0.05, 0.1) is 17.9 Å². The number of rotatable bonds is 7. The number of ether oxygens (including phenoxy) is 1. The second kappa shape index (κ2) is 8.92. The number of carbonyl (C=O) groups is 1. The fraction of sp³-hybridized carbons (Fsp3) is 0.400. The van der Waals surface area contributed by atoms with Crippen molar-refractivity contribution in [2.75, 3.05) is 38.7 Å². The fourth-order valence-corrected chi connectivity index (χ4v) is 3.38. The predicted octanol–water partition coefficient (Wildman–Crippen LogP) is 2.71. The van der Waals surface area contributed by atoms with Crippen LogP contribution in [0.5, 0.6) is 0 Å². The molecule has 0 bridgehead atoms. The first kappa shape index (κ1) is 19.3. The van der Waals surface area contributed by atoms with Gasteiger partial charge < -0.3 is 20.7 Å². The number of piperidine rings is 1. The Morgan fingerprint density at radius 3 is 2.78 bits per heavy atom. The molecule has 1 aromatic carbocycles. The van der Waals surface area contributed by atoms with Crippen molar-refractivity contribution < 1.29 is 13.9 Å². The highest BCUT2D eigenvalue weighted by Gasteiger charge is 2.32. The van der Waals surface area contributed by atoms with Crippen molar-refractivity contribution in [2.45, 2.75) is 12.8 Å². The first-order valence-corrected chi connectivity index (χ1v) is 9.08. The van der Waals surface area contributed by atoms with Crippen molar-refractivity contribution >= 4 is 17.4 Å². The maximum Gasteiger partial charge on any atom is 0.255 e. The number of nitrogens with zero attached hydrogens (tertiary/aromatic N) is 1. The standard InChI is InChI=1S/C20H25FN4O2/c1-27-14-20(8-11-22-12-9-20)13-24-19(26)15-5-4-10-23-18(15)25-17-7-3-2-6-16(17)21/h2-7,10,22H,8-9,11-14H2,1H3,(H,23,25)(H,24,26). The van der Waals surface area contributed by atoms with Crippen molar-refractivity contribution in [2.24, 2.45) is 5.41 Å². The number of para-hydroxylation sites is 1. The molecule has 1 aliphatic heterocycles. The minimum atomic E-state index is -0.400. The zero-order valence-corrected chi connectivity index (χ0v) is 15.4. The van der Waals surface area contributed by atoms with Gasteiger partial charge in [-0.1, -0.05) is 12.1 Å². The number of anilines is 2. The van der Waals surface area contributed by atoms with Gasteiger partial charge in [0.25, 0.3) is 5.91 Å². The van der Waals surface area contributed by atoms with Crippen LogP contribution in [0.2, 0.25) is 0 Å². The molecular formula is C20H25FN4O2. The average molecular weight is 372 g/mol. The molecule has 0 saturated carbocycles. The molecule has 1 amide bonds. The lowest BCUT2D eigenvalue weighted by Crippen LogP contribution is -2.47. The molecule has 144 valence electrons. The summed E-state index contributed by atoms with van der Waals surface area (Å²) in [7, 11) is 1.68. The SMILES string of the molecule is COCC1(CNC(=O)c2cccnc2Nc2ccccc2F)CCNCC1. The second-order valence-electron chi connectivity index (χ2n) is 6.87. The number of aromatic nitrogens is 1. The van der Waals surface area contributed by atoms with Crippen LogP contribution >= 0.6 is 0 Å². The lowest BCUT2D eigenvalue weighted by molar-refractivity contribution is 0.0512.